The molecule has 3 nitrogen and oxygen atoms in total. The Bertz CT molecular complexity index is 1240. The molecule has 1 aliphatic carbocycles. The van der Waals surface area contributed by atoms with Crippen LogP contribution >= 0.6 is 0 Å². The third-order valence-corrected chi connectivity index (χ3v) is 6.31. The summed E-state index contributed by atoms with van der Waals surface area (Å²) in [4.78, 5) is 0. The van der Waals surface area contributed by atoms with E-state index in [9.17, 15) is 12.8 Å². The molecule has 3 aromatic carbocycles. The minimum Gasteiger partial charge on any atom is -0.284 e. The number of nitrogens with one attached hydrogen (secondary N) is 1. The second-order valence-corrected chi connectivity index (χ2v) is 9.87. The van der Waals surface area contributed by atoms with Gasteiger partial charge in [-0.25, -0.2) is 12.8 Å². The Balaban J connectivity index is 2.00. The maximum absolute atomic E-state index is 14.1. The average molecular weight is 436 g/mol. The summed E-state index contributed by atoms with van der Waals surface area (Å²) in [6.07, 6.45) is 3.53. The van der Waals surface area contributed by atoms with Crippen LogP contribution in [0.5, 0.6) is 0 Å². The van der Waals surface area contributed by atoms with Gasteiger partial charge in [0, 0.05) is 5.69 Å². The van der Waals surface area contributed by atoms with E-state index in [4.69, 9.17) is 0 Å². The van der Waals surface area contributed by atoms with Crippen molar-refractivity contribution in [3.8, 4) is 0 Å². The van der Waals surface area contributed by atoms with Gasteiger partial charge in [0.2, 0.25) is 10.0 Å². The summed E-state index contributed by atoms with van der Waals surface area (Å²) in [6, 6.07) is 19.0. The third-order valence-electron chi connectivity index (χ3n) is 5.70. The number of rotatable bonds is 4. The van der Waals surface area contributed by atoms with Gasteiger partial charge in [-0.1, -0.05) is 48.9 Å². The molecule has 0 aromatic heterocycles. The highest BCUT2D eigenvalue weighted by atomic mass is 32.2. The van der Waals surface area contributed by atoms with Crippen molar-refractivity contribution >= 4 is 26.9 Å². The molecule has 1 N–H and O–H groups in total. The van der Waals surface area contributed by atoms with E-state index in [-0.39, 0.29) is 5.82 Å². The molecule has 0 spiro atoms. The van der Waals surface area contributed by atoms with Crippen molar-refractivity contribution in [3.05, 3.63) is 99.9 Å². The predicted molar refractivity (Wildman–Crippen MR) is 126 cm³/mol. The van der Waals surface area contributed by atoms with Gasteiger partial charge in [0.25, 0.3) is 0 Å². The summed E-state index contributed by atoms with van der Waals surface area (Å²) in [7, 11) is -3.37. The lowest BCUT2D eigenvalue weighted by Gasteiger charge is -2.19. The zero-order chi connectivity index (χ0) is 22.2. The Labute approximate surface area is 183 Å². The van der Waals surface area contributed by atoms with Gasteiger partial charge in [0.15, 0.2) is 0 Å². The van der Waals surface area contributed by atoms with Crippen molar-refractivity contribution in [2.45, 2.75) is 33.1 Å². The van der Waals surface area contributed by atoms with Crippen LogP contribution in [0.3, 0.4) is 0 Å². The molecule has 0 amide bonds. The van der Waals surface area contributed by atoms with Gasteiger partial charge in [-0.15, -0.1) is 0 Å². The van der Waals surface area contributed by atoms with E-state index in [2.05, 4.69) is 36.8 Å². The first-order valence-corrected chi connectivity index (χ1v) is 12.3. The van der Waals surface area contributed by atoms with E-state index in [0.717, 1.165) is 58.9 Å². The van der Waals surface area contributed by atoms with Crippen LogP contribution in [0.15, 0.2) is 60.7 Å². The van der Waals surface area contributed by atoms with Gasteiger partial charge in [-0.2, -0.15) is 0 Å². The number of benzene rings is 3. The van der Waals surface area contributed by atoms with Crippen molar-refractivity contribution in [3.63, 3.8) is 0 Å². The minimum atomic E-state index is -3.37. The molecule has 31 heavy (non-hydrogen) atoms. The smallest absolute Gasteiger partial charge is 0.229 e. The highest BCUT2D eigenvalue weighted by Gasteiger charge is 2.22. The summed E-state index contributed by atoms with van der Waals surface area (Å²) in [5.74, 6) is -0.224. The van der Waals surface area contributed by atoms with E-state index >= 15 is 0 Å². The lowest BCUT2D eigenvalue weighted by Crippen LogP contribution is -2.09. The number of hydrogen-bond donors (Lipinski definition) is 1. The van der Waals surface area contributed by atoms with Crippen molar-refractivity contribution in [2.75, 3.05) is 11.0 Å². The standard InChI is InChI=1S/C26H26FNO2S/c1-4-23(18-6-5-7-22(16-18)28-31(3,29)30)26-24-12-8-17(2)14-19(24)9-10-20-15-21(27)11-13-25(20)26/h5-8,11-16,28H,4,9-10H2,1-3H3/b26-23-. The van der Waals surface area contributed by atoms with Crippen LogP contribution in [-0.4, -0.2) is 14.7 Å². The molecule has 3 aromatic rings. The monoisotopic (exact) mass is 435 g/mol. The summed E-state index contributed by atoms with van der Waals surface area (Å²) in [5.41, 5.74) is 9.35. The molecule has 1 aliphatic rings. The van der Waals surface area contributed by atoms with Gasteiger partial charge in [-0.3, -0.25) is 4.72 Å². The summed E-state index contributed by atoms with van der Waals surface area (Å²) >= 11 is 0. The Kier molecular flexibility index (Phi) is 5.71. The number of aryl methyl sites for hydroxylation is 3. The van der Waals surface area contributed by atoms with Gasteiger partial charge < -0.3 is 0 Å². The fraction of sp³-hybridized carbons (Fsp3) is 0.231. The van der Waals surface area contributed by atoms with Crippen molar-refractivity contribution < 1.29 is 12.8 Å². The number of sulfonamides is 1. The molecular formula is C26H26FNO2S. The summed E-state index contributed by atoms with van der Waals surface area (Å²) in [5, 5.41) is 0. The lowest BCUT2D eigenvalue weighted by molar-refractivity contribution is 0.607. The molecule has 0 aliphatic heterocycles. The normalized spacial score (nSPS) is 15.0. The van der Waals surface area contributed by atoms with Crippen molar-refractivity contribution in [1.29, 1.82) is 0 Å². The molecule has 0 unspecified atom stereocenters. The molecule has 4 rings (SSSR count). The summed E-state index contributed by atoms with van der Waals surface area (Å²) in [6.45, 7) is 4.18. The maximum atomic E-state index is 14.1. The first-order chi connectivity index (χ1) is 14.7. The van der Waals surface area contributed by atoms with Crippen molar-refractivity contribution in [1.82, 2.24) is 0 Å². The van der Waals surface area contributed by atoms with Crippen LogP contribution in [-0.2, 0) is 22.9 Å². The topological polar surface area (TPSA) is 46.2 Å². The molecular weight excluding hydrogens is 409 g/mol. The molecule has 0 heterocycles. The Morgan fingerprint density at radius 3 is 2.32 bits per heavy atom. The average Bonchev–Trinajstić information content (AvgIpc) is 2.84. The maximum Gasteiger partial charge on any atom is 0.229 e. The van der Waals surface area contributed by atoms with Gasteiger partial charge >= 0.3 is 0 Å². The molecule has 0 saturated carbocycles. The second-order valence-electron chi connectivity index (χ2n) is 8.12. The number of allylic oxidation sites excluding steroid dienone is 1. The molecule has 0 radical (unpaired) electrons. The number of halogens is 1. The van der Waals surface area contributed by atoms with Crippen LogP contribution in [0.1, 0.15) is 46.7 Å². The molecule has 5 heteroatoms. The molecule has 0 atom stereocenters. The largest absolute Gasteiger partial charge is 0.284 e. The summed E-state index contributed by atoms with van der Waals surface area (Å²) < 4.78 is 40.1. The first kappa shape index (κ1) is 21.3. The fourth-order valence-corrected chi connectivity index (χ4v) is 4.99. The van der Waals surface area contributed by atoms with Crippen LogP contribution < -0.4 is 4.72 Å². The van der Waals surface area contributed by atoms with Crippen LogP contribution in [0.4, 0.5) is 10.1 Å². The third kappa shape index (κ3) is 4.57. The van der Waals surface area contributed by atoms with Crippen LogP contribution in [0.2, 0.25) is 0 Å². The molecule has 0 saturated heterocycles. The van der Waals surface area contributed by atoms with E-state index < -0.39 is 10.0 Å². The SMILES string of the molecule is CC/C(=C1\c2ccc(C)cc2CCc2cc(F)ccc21)c1cccc(NS(C)(=O)=O)c1. The molecule has 160 valence electrons. The number of anilines is 1. The van der Waals surface area contributed by atoms with Gasteiger partial charge in [-0.05, 0) is 89.4 Å². The molecule has 0 fully saturated rings. The number of hydrogen-bond acceptors (Lipinski definition) is 2. The van der Waals surface area contributed by atoms with Crippen LogP contribution in [0.25, 0.3) is 11.1 Å². The van der Waals surface area contributed by atoms with E-state index in [1.165, 1.54) is 17.2 Å². The quantitative estimate of drug-likeness (QED) is 0.548. The Morgan fingerprint density at radius 2 is 1.65 bits per heavy atom. The van der Waals surface area contributed by atoms with Crippen molar-refractivity contribution in [2.24, 2.45) is 0 Å². The van der Waals surface area contributed by atoms with E-state index in [0.29, 0.717) is 5.69 Å². The zero-order valence-corrected chi connectivity index (χ0v) is 18.8. The van der Waals surface area contributed by atoms with Crippen LogP contribution in [0, 0.1) is 12.7 Å². The highest BCUT2D eigenvalue weighted by Crippen LogP contribution is 2.40. The molecule has 0 bridgehead atoms. The van der Waals surface area contributed by atoms with E-state index in [1.807, 2.05) is 24.3 Å². The number of fused-ring (bicyclic) bond motifs is 2. The predicted octanol–water partition coefficient (Wildman–Crippen LogP) is 5.97. The lowest BCUT2D eigenvalue weighted by atomic mass is 9.85. The second kappa shape index (κ2) is 8.31. The van der Waals surface area contributed by atoms with Gasteiger partial charge in [0.05, 0.1) is 6.26 Å². The van der Waals surface area contributed by atoms with Gasteiger partial charge in [0.1, 0.15) is 5.82 Å². The fourth-order valence-electron chi connectivity index (χ4n) is 4.44. The Morgan fingerprint density at radius 1 is 0.968 bits per heavy atom. The first-order valence-electron chi connectivity index (χ1n) is 10.4. The Hall–Kier alpha value is -2.92. The van der Waals surface area contributed by atoms with E-state index in [1.54, 1.807) is 12.1 Å². The minimum absolute atomic E-state index is 0.224. The zero-order valence-electron chi connectivity index (χ0n) is 18.0. The highest BCUT2D eigenvalue weighted by molar-refractivity contribution is 7.92.